The van der Waals surface area contributed by atoms with Gasteiger partial charge >= 0.3 is 0 Å². The monoisotopic (exact) mass is 498 g/mol. The van der Waals surface area contributed by atoms with Gasteiger partial charge in [-0.15, -0.1) is 0 Å². The topological polar surface area (TPSA) is 140 Å². The Kier molecular flexibility index (Phi) is 8.28. The number of amides is 1. The number of primary sulfonamides is 1. The summed E-state index contributed by atoms with van der Waals surface area (Å²) in [6.45, 7) is 1.47. The largest absolute Gasteiger partial charge is 0.355 e. The number of hydrogen-bond acceptors (Lipinski definition) is 7. The summed E-state index contributed by atoms with van der Waals surface area (Å²) in [5.41, 5.74) is 0.873. The third-order valence-electron chi connectivity index (χ3n) is 5.00. The van der Waals surface area contributed by atoms with Gasteiger partial charge in [0.25, 0.3) is 0 Å². The number of carbonyl (C=O) groups is 1. The van der Waals surface area contributed by atoms with E-state index in [0.29, 0.717) is 31.1 Å². The second-order valence-electron chi connectivity index (χ2n) is 7.37. The van der Waals surface area contributed by atoms with Crippen molar-refractivity contribution in [2.45, 2.75) is 40.5 Å². The summed E-state index contributed by atoms with van der Waals surface area (Å²) in [6, 6.07) is 9.32. The lowest BCUT2D eigenvalue weighted by molar-refractivity contribution is -0.118. The van der Waals surface area contributed by atoms with Crippen molar-refractivity contribution in [3.63, 3.8) is 0 Å². The average Bonchev–Trinajstić information content (AvgIpc) is 2.78. The van der Waals surface area contributed by atoms with Crippen molar-refractivity contribution in [3.05, 3.63) is 48.2 Å². The zero-order valence-electron chi connectivity index (χ0n) is 17.4. The van der Waals surface area contributed by atoms with E-state index in [2.05, 4.69) is 10.3 Å². The number of sulfonamides is 2. The number of thioether (sulfide) groups is 1. The number of nitrogens with one attached hydrogen (secondary N) is 1. The number of aromatic nitrogens is 1. The number of rotatable bonds is 9. The van der Waals surface area contributed by atoms with Gasteiger partial charge in [-0.1, -0.05) is 30.3 Å². The predicted molar refractivity (Wildman–Crippen MR) is 122 cm³/mol. The maximum atomic E-state index is 12.6. The van der Waals surface area contributed by atoms with Gasteiger partial charge in [0, 0.05) is 25.8 Å². The molecule has 9 nitrogen and oxygen atoms in total. The van der Waals surface area contributed by atoms with Crippen LogP contribution in [0.15, 0.2) is 57.4 Å². The smallest absolute Gasteiger partial charge is 0.244 e. The van der Waals surface area contributed by atoms with E-state index in [9.17, 15) is 21.6 Å². The SMILES string of the molecule is NS(=O)(=O)c1ccc(CCNC(=O)CSc2ccc(S(=O)(=O)N3CCCCC3)cn2)cc1. The zero-order chi connectivity index (χ0) is 23.2. The van der Waals surface area contributed by atoms with Crippen LogP contribution < -0.4 is 10.5 Å². The average molecular weight is 499 g/mol. The Labute approximate surface area is 192 Å². The van der Waals surface area contributed by atoms with Crippen LogP contribution in [0.2, 0.25) is 0 Å². The van der Waals surface area contributed by atoms with Gasteiger partial charge in [0.15, 0.2) is 0 Å². The Morgan fingerprint density at radius 2 is 1.66 bits per heavy atom. The third kappa shape index (κ3) is 6.75. The Morgan fingerprint density at radius 1 is 1.00 bits per heavy atom. The van der Waals surface area contributed by atoms with Gasteiger partial charge < -0.3 is 5.32 Å². The lowest BCUT2D eigenvalue weighted by Crippen LogP contribution is -2.35. The summed E-state index contributed by atoms with van der Waals surface area (Å²) in [6.07, 6.45) is 4.68. The van der Waals surface area contributed by atoms with E-state index >= 15 is 0 Å². The standard InChI is InChI=1S/C20H26N4O5S3/c21-31(26,27)17-6-4-16(5-7-17)10-11-22-19(25)15-30-20-9-8-18(14-23-20)32(28,29)24-12-2-1-3-13-24/h4-9,14H,1-3,10-13,15H2,(H,22,25)(H2,21,26,27). The van der Waals surface area contributed by atoms with Crippen LogP contribution in [0.5, 0.6) is 0 Å². The molecule has 0 unspecified atom stereocenters. The van der Waals surface area contributed by atoms with Crippen LogP contribution >= 0.6 is 11.8 Å². The zero-order valence-corrected chi connectivity index (χ0v) is 19.9. The molecule has 0 radical (unpaired) electrons. The molecule has 0 atom stereocenters. The minimum absolute atomic E-state index is 0.0453. The van der Waals surface area contributed by atoms with Gasteiger partial charge in [0.1, 0.15) is 4.90 Å². The van der Waals surface area contributed by atoms with Crippen LogP contribution in [0.3, 0.4) is 0 Å². The van der Waals surface area contributed by atoms with Crippen molar-refractivity contribution in [2.24, 2.45) is 5.14 Å². The molecule has 3 rings (SSSR count). The Balaban J connectivity index is 1.44. The highest BCUT2D eigenvalue weighted by Gasteiger charge is 2.26. The third-order valence-corrected chi connectivity index (χ3v) is 8.76. The number of hydrogen-bond donors (Lipinski definition) is 2. The molecule has 32 heavy (non-hydrogen) atoms. The van der Waals surface area contributed by atoms with Crippen LogP contribution in [0.4, 0.5) is 0 Å². The molecule has 1 aliphatic heterocycles. The maximum Gasteiger partial charge on any atom is 0.244 e. The van der Waals surface area contributed by atoms with E-state index in [1.807, 2.05) is 0 Å². The van der Waals surface area contributed by atoms with Gasteiger partial charge in [-0.3, -0.25) is 4.79 Å². The Hall–Kier alpha value is -1.99. The van der Waals surface area contributed by atoms with E-state index in [1.54, 1.807) is 18.2 Å². The van der Waals surface area contributed by atoms with Gasteiger partial charge in [-0.25, -0.2) is 27.0 Å². The molecule has 1 fully saturated rings. The van der Waals surface area contributed by atoms with E-state index in [4.69, 9.17) is 5.14 Å². The molecular formula is C20H26N4O5S3. The molecule has 1 aromatic carbocycles. The molecule has 0 spiro atoms. The Bertz CT molecular complexity index is 1130. The van der Waals surface area contributed by atoms with E-state index in [1.165, 1.54) is 40.5 Å². The molecule has 2 aromatic rings. The number of benzene rings is 1. The maximum absolute atomic E-state index is 12.6. The normalized spacial score (nSPS) is 15.4. The molecule has 2 heterocycles. The van der Waals surface area contributed by atoms with E-state index < -0.39 is 20.0 Å². The van der Waals surface area contributed by atoms with Gasteiger partial charge in [-0.05, 0) is 49.1 Å². The summed E-state index contributed by atoms with van der Waals surface area (Å²) in [7, 11) is -7.24. The second-order valence-corrected chi connectivity index (χ2v) is 11.9. The number of nitrogens with two attached hydrogens (primary N) is 1. The van der Waals surface area contributed by atoms with E-state index in [-0.39, 0.29) is 21.5 Å². The molecule has 1 saturated heterocycles. The quantitative estimate of drug-likeness (QED) is 0.498. The fourth-order valence-electron chi connectivity index (χ4n) is 3.24. The molecule has 0 aliphatic carbocycles. The molecule has 1 aromatic heterocycles. The number of carbonyl (C=O) groups excluding carboxylic acids is 1. The number of piperidine rings is 1. The first-order valence-electron chi connectivity index (χ1n) is 10.1. The first kappa shape index (κ1) is 24.6. The number of pyridine rings is 1. The highest BCUT2D eigenvalue weighted by molar-refractivity contribution is 7.99. The molecule has 1 amide bonds. The van der Waals surface area contributed by atoms with Crippen molar-refractivity contribution < 1.29 is 21.6 Å². The lowest BCUT2D eigenvalue weighted by atomic mass is 10.1. The lowest BCUT2D eigenvalue weighted by Gasteiger charge is -2.25. The molecule has 0 saturated carbocycles. The van der Waals surface area contributed by atoms with E-state index in [0.717, 1.165) is 24.8 Å². The second kappa shape index (κ2) is 10.8. The summed E-state index contributed by atoms with van der Waals surface area (Å²) in [5, 5.41) is 8.43. The van der Waals surface area contributed by atoms with Crippen molar-refractivity contribution in [3.8, 4) is 0 Å². The molecule has 1 aliphatic rings. The summed E-state index contributed by atoms with van der Waals surface area (Å²) < 4.78 is 49.3. The summed E-state index contributed by atoms with van der Waals surface area (Å²) >= 11 is 1.22. The van der Waals surface area contributed by atoms with Crippen LogP contribution in [-0.4, -0.2) is 57.4 Å². The minimum Gasteiger partial charge on any atom is -0.355 e. The molecule has 3 N–H and O–H groups in total. The molecular weight excluding hydrogens is 472 g/mol. The molecule has 12 heteroatoms. The summed E-state index contributed by atoms with van der Waals surface area (Å²) in [5.74, 6) is -0.0294. The van der Waals surface area contributed by atoms with Crippen LogP contribution in [0, 0.1) is 0 Å². The van der Waals surface area contributed by atoms with Crippen molar-refractivity contribution in [1.82, 2.24) is 14.6 Å². The fourth-order valence-corrected chi connectivity index (χ4v) is 5.89. The Morgan fingerprint density at radius 3 is 2.25 bits per heavy atom. The minimum atomic E-state index is -3.72. The first-order valence-corrected chi connectivity index (χ1v) is 14.1. The molecule has 0 bridgehead atoms. The van der Waals surface area contributed by atoms with Gasteiger partial charge in [0.05, 0.1) is 15.7 Å². The predicted octanol–water partition coefficient (Wildman–Crippen LogP) is 1.35. The molecule has 174 valence electrons. The van der Waals surface area contributed by atoms with Crippen molar-refractivity contribution >= 4 is 37.7 Å². The highest BCUT2D eigenvalue weighted by atomic mass is 32.2. The van der Waals surface area contributed by atoms with Gasteiger partial charge in [-0.2, -0.15) is 4.31 Å². The van der Waals surface area contributed by atoms with Crippen LogP contribution in [-0.2, 0) is 31.3 Å². The van der Waals surface area contributed by atoms with Gasteiger partial charge in [0.2, 0.25) is 26.0 Å². The fraction of sp³-hybridized carbons (Fsp3) is 0.400. The highest BCUT2D eigenvalue weighted by Crippen LogP contribution is 2.22. The van der Waals surface area contributed by atoms with Crippen molar-refractivity contribution in [1.29, 1.82) is 0 Å². The number of nitrogens with zero attached hydrogens (tertiary/aromatic N) is 2. The summed E-state index contributed by atoms with van der Waals surface area (Å²) in [4.78, 5) is 16.5. The first-order chi connectivity index (χ1) is 15.2. The van der Waals surface area contributed by atoms with Crippen LogP contribution in [0.25, 0.3) is 0 Å². The van der Waals surface area contributed by atoms with Crippen molar-refractivity contribution in [2.75, 3.05) is 25.4 Å². The van der Waals surface area contributed by atoms with Crippen LogP contribution in [0.1, 0.15) is 24.8 Å².